The second-order valence-electron chi connectivity index (χ2n) is 9.72. The van der Waals surface area contributed by atoms with Gasteiger partial charge in [-0.2, -0.15) is 5.10 Å². The first kappa shape index (κ1) is 30.8. The van der Waals surface area contributed by atoms with Crippen LogP contribution in [0.3, 0.4) is 0 Å². The summed E-state index contributed by atoms with van der Waals surface area (Å²) in [6, 6.07) is 12.5. The van der Waals surface area contributed by atoms with Crippen molar-refractivity contribution in [2.24, 2.45) is 5.10 Å². The van der Waals surface area contributed by atoms with Gasteiger partial charge in [-0.1, -0.05) is 118 Å². The molecular formula is C31H43BrN2O3. The molecule has 0 radical (unpaired) electrons. The fourth-order valence-electron chi connectivity index (χ4n) is 4.09. The zero-order valence-corrected chi connectivity index (χ0v) is 24.2. The average molecular weight is 572 g/mol. The lowest BCUT2D eigenvalue weighted by molar-refractivity contribution is -0.121. The summed E-state index contributed by atoms with van der Waals surface area (Å²) < 4.78 is 6.39. The number of unbranched alkanes of at least 4 members (excludes halogenated alkanes) is 12. The molecule has 0 heterocycles. The molecule has 0 aliphatic carbocycles. The van der Waals surface area contributed by atoms with E-state index in [0.717, 1.165) is 22.9 Å². The zero-order chi connectivity index (χ0) is 26.7. The summed E-state index contributed by atoms with van der Waals surface area (Å²) in [6.45, 7) is 4.22. The number of hydrogen-bond acceptors (Lipinski definition) is 4. The molecule has 0 fully saturated rings. The van der Waals surface area contributed by atoms with Gasteiger partial charge >= 0.3 is 5.97 Å². The highest BCUT2D eigenvalue weighted by Crippen LogP contribution is 2.23. The van der Waals surface area contributed by atoms with E-state index in [1.807, 2.05) is 19.1 Å². The van der Waals surface area contributed by atoms with E-state index in [9.17, 15) is 9.59 Å². The molecule has 37 heavy (non-hydrogen) atoms. The van der Waals surface area contributed by atoms with Crippen molar-refractivity contribution in [3.05, 3.63) is 63.6 Å². The van der Waals surface area contributed by atoms with Crippen molar-refractivity contribution in [2.75, 3.05) is 0 Å². The van der Waals surface area contributed by atoms with Crippen LogP contribution in [-0.2, 0) is 4.79 Å². The number of aryl methyl sites for hydroxylation is 1. The summed E-state index contributed by atoms with van der Waals surface area (Å²) >= 11 is 3.43. The molecule has 5 nitrogen and oxygen atoms in total. The Morgan fingerprint density at radius 1 is 0.838 bits per heavy atom. The van der Waals surface area contributed by atoms with Gasteiger partial charge in [0.05, 0.1) is 11.8 Å². The number of carbonyl (C=O) groups excluding carboxylic acids is 2. The Morgan fingerprint density at radius 3 is 2.00 bits per heavy atom. The molecular weight excluding hydrogens is 528 g/mol. The third-order valence-corrected chi connectivity index (χ3v) is 6.86. The molecule has 2 aromatic rings. The first-order valence-electron chi connectivity index (χ1n) is 13.9. The van der Waals surface area contributed by atoms with Crippen LogP contribution in [0.2, 0.25) is 0 Å². The molecule has 0 aliphatic rings. The second-order valence-corrected chi connectivity index (χ2v) is 10.6. The second kappa shape index (κ2) is 18.7. The Balaban J connectivity index is 1.63. The molecule has 0 saturated heterocycles. The number of hydrogen-bond donors (Lipinski definition) is 1. The van der Waals surface area contributed by atoms with Crippen molar-refractivity contribution in [1.82, 2.24) is 5.43 Å². The van der Waals surface area contributed by atoms with E-state index in [1.54, 1.807) is 30.3 Å². The number of hydrazone groups is 1. The Kier molecular flexibility index (Phi) is 15.6. The molecule has 1 amide bonds. The predicted octanol–water partition coefficient (Wildman–Crippen LogP) is 8.91. The molecule has 2 rings (SSSR count). The topological polar surface area (TPSA) is 67.8 Å². The third-order valence-electron chi connectivity index (χ3n) is 6.36. The van der Waals surface area contributed by atoms with Crippen molar-refractivity contribution in [2.45, 2.75) is 104 Å². The molecule has 0 unspecified atom stereocenters. The smallest absolute Gasteiger partial charge is 0.343 e. The zero-order valence-electron chi connectivity index (χ0n) is 22.6. The van der Waals surface area contributed by atoms with Crippen LogP contribution < -0.4 is 10.2 Å². The number of nitrogens with zero attached hydrogens (tertiary/aromatic N) is 1. The van der Waals surface area contributed by atoms with Crippen molar-refractivity contribution in [3.8, 4) is 5.75 Å². The van der Waals surface area contributed by atoms with Crippen LogP contribution >= 0.6 is 15.9 Å². The van der Waals surface area contributed by atoms with Gasteiger partial charge in [0.1, 0.15) is 5.75 Å². The van der Waals surface area contributed by atoms with Gasteiger partial charge in [-0.05, 0) is 43.7 Å². The largest absolute Gasteiger partial charge is 0.422 e. The fourth-order valence-corrected chi connectivity index (χ4v) is 4.47. The summed E-state index contributed by atoms with van der Waals surface area (Å²) in [6.07, 6.45) is 18.6. The molecule has 6 heteroatoms. The van der Waals surface area contributed by atoms with Crippen LogP contribution in [0.4, 0.5) is 0 Å². The van der Waals surface area contributed by atoms with Crippen LogP contribution in [0.5, 0.6) is 5.75 Å². The van der Waals surface area contributed by atoms with Crippen LogP contribution in [0.1, 0.15) is 118 Å². The molecule has 0 aliphatic heterocycles. The average Bonchev–Trinajstić information content (AvgIpc) is 2.88. The van der Waals surface area contributed by atoms with E-state index in [4.69, 9.17) is 4.74 Å². The number of esters is 1. The number of nitrogens with one attached hydrogen (secondary N) is 1. The minimum Gasteiger partial charge on any atom is -0.422 e. The van der Waals surface area contributed by atoms with Crippen molar-refractivity contribution in [1.29, 1.82) is 0 Å². The van der Waals surface area contributed by atoms with Crippen LogP contribution in [0, 0.1) is 6.92 Å². The van der Waals surface area contributed by atoms with Crippen molar-refractivity contribution >= 4 is 34.0 Å². The maximum atomic E-state index is 12.5. The predicted molar refractivity (Wildman–Crippen MR) is 156 cm³/mol. The Hall–Kier alpha value is -2.47. The Morgan fingerprint density at radius 2 is 1.41 bits per heavy atom. The Bertz CT molecular complexity index is 973. The van der Waals surface area contributed by atoms with E-state index in [-0.39, 0.29) is 5.91 Å². The molecule has 0 bridgehead atoms. The maximum Gasteiger partial charge on any atom is 0.343 e. The normalized spacial score (nSPS) is 11.1. The number of rotatable bonds is 18. The van der Waals surface area contributed by atoms with E-state index >= 15 is 0 Å². The standard InChI is InChI=1S/C31H43BrN2O3/c1-3-4-5-6-7-8-9-10-11-12-13-14-15-16-30(35)34-33-24-27-23-28(32)21-22-29(27)37-31(36)26-19-17-25(2)18-20-26/h17-24H,3-16H2,1-2H3,(H,34,35)/b33-24-. The minimum absolute atomic E-state index is 0.104. The van der Waals surface area contributed by atoms with Crippen molar-refractivity contribution in [3.63, 3.8) is 0 Å². The number of halogens is 1. The third kappa shape index (κ3) is 13.6. The molecule has 202 valence electrons. The van der Waals surface area contributed by atoms with Gasteiger partial charge in [-0.15, -0.1) is 0 Å². The van der Waals surface area contributed by atoms with Gasteiger partial charge in [-0.3, -0.25) is 4.79 Å². The van der Waals surface area contributed by atoms with E-state index < -0.39 is 5.97 Å². The fraction of sp³-hybridized carbons (Fsp3) is 0.516. The first-order chi connectivity index (χ1) is 18.0. The summed E-state index contributed by atoms with van der Waals surface area (Å²) in [5.41, 5.74) is 4.73. The van der Waals surface area contributed by atoms with Gasteiger partial charge in [0.25, 0.3) is 0 Å². The van der Waals surface area contributed by atoms with Crippen molar-refractivity contribution < 1.29 is 14.3 Å². The lowest BCUT2D eigenvalue weighted by atomic mass is 10.0. The van der Waals surface area contributed by atoms with E-state index in [2.05, 4.69) is 33.4 Å². The monoisotopic (exact) mass is 570 g/mol. The summed E-state index contributed by atoms with van der Waals surface area (Å²) in [5, 5.41) is 4.08. The molecule has 2 aromatic carbocycles. The van der Waals surface area contributed by atoms with Gasteiger partial charge in [0.15, 0.2) is 0 Å². The highest BCUT2D eigenvalue weighted by Gasteiger charge is 2.11. The maximum absolute atomic E-state index is 12.5. The molecule has 0 atom stereocenters. The minimum atomic E-state index is -0.441. The highest BCUT2D eigenvalue weighted by molar-refractivity contribution is 9.10. The first-order valence-corrected chi connectivity index (χ1v) is 14.7. The quantitative estimate of drug-likeness (QED) is 0.0639. The van der Waals surface area contributed by atoms with E-state index in [0.29, 0.717) is 23.3 Å². The number of carbonyl (C=O) groups is 2. The number of ether oxygens (including phenoxy) is 1. The van der Waals surface area contributed by atoms with Gasteiger partial charge < -0.3 is 4.74 Å². The van der Waals surface area contributed by atoms with Crippen LogP contribution in [0.15, 0.2) is 52.0 Å². The summed E-state index contributed by atoms with van der Waals surface area (Å²) in [5.74, 6) is -0.167. The van der Waals surface area contributed by atoms with Crippen LogP contribution in [-0.4, -0.2) is 18.1 Å². The number of benzene rings is 2. The van der Waals surface area contributed by atoms with Gasteiger partial charge in [0, 0.05) is 16.5 Å². The summed E-state index contributed by atoms with van der Waals surface area (Å²) in [7, 11) is 0. The van der Waals surface area contributed by atoms with E-state index in [1.165, 1.54) is 76.8 Å². The van der Waals surface area contributed by atoms with Crippen LogP contribution in [0.25, 0.3) is 0 Å². The van der Waals surface area contributed by atoms with Gasteiger partial charge in [-0.25, -0.2) is 10.2 Å². The number of amides is 1. The van der Waals surface area contributed by atoms with Gasteiger partial charge in [0.2, 0.25) is 5.91 Å². The highest BCUT2D eigenvalue weighted by atomic mass is 79.9. The lowest BCUT2D eigenvalue weighted by Crippen LogP contribution is -2.17. The molecule has 0 spiro atoms. The molecule has 0 saturated carbocycles. The SMILES string of the molecule is CCCCCCCCCCCCCCCC(=O)N/N=C\c1cc(Br)ccc1OC(=O)c1ccc(C)cc1. The Labute approximate surface area is 231 Å². The molecule has 1 N–H and O–H groups in total. The summed E-state index contributed by atoms with van der Waals surface area (Å²) in [4.78, 5) is 24.7. The lowest BCUT2D eigenvalue weighted by Gasteiger charge is -2.08. The molecule has 0 aromatic heterocycles.